The summed E-state index contributed by atoms with van der Waals surface area (Å²) in [5, 5.41) is 15.8. The molecule has 150 valence electrons. The fourth-order valence-electron chi connectivity index (χ4n) is 3.44. The SMILES string of the molecule is CCC1(c2ccc(NC(=O)c3ccc([N+](=O)[O-])cc3Cl)cc2)CCC(=O)NC1=O. The van der Waals surface area contributed by atoms with Crippen LogP contribution in [0.25, 0.3) is 0 Å². The third kappa shape index (κ3) is 3.97. The van der Waals surface area contributed by atoms with E-state index < -0.39 is 16.2 Å². The lowest BCUT2D eigenvalue weighted by Gasteiger charge is -2.35. The first kappa shape index (κ1) is 20.5. The zero-order valence-electron chi connectivity index (χ0n) is 15.5. The van der Waals surface area contributed by atoms with Crippen LogP contribution in [0.5, 0.6) is 0 Å². The molecule has 1 heterocycles. The fraction of sp³-hybridized carbons (Fsp3) is 0.250. The van der Waals surface area contributed by atoms with E-state index >= 15 is 0 Å². The number of anilines is 1. The van der Waals surface area contributed by atoms with Gasteiger partial charge in [0.05, 0.1) is 20.9 Å². The van der Waals surface area contributed by atoms with Crippen LogP contribution in [0, 0.1) is 10.1 Å². The van der Waals surface area contributed by atoms with Crippen molar-refractivity contribution < 1.29 is 19.3 Å². The lowest BCUT2D eigenvalue weighted by Crippen LogP contribution is -2.51. The average Bonchev–Trinajstić information content (AvgIpc) is 2.69. The third-order valence-corrected chi connectivity index (χ3v) is 5.49. The van der Waals surface area contributed by atoms with Gasteiger partial charge in [0, 0.05) is 24.2 Å². The van der Waals surface area contributed by atoms with E-state index in [1.807, 2.05) is 6.92 Å². The highest BCUT2D eigenvalue weighted by molar-refractivity contribution is 6.34. The summed E-state index contributed by atoms with van der Waals surface area (Å²) in [7, 11) is 0. The van der Waals surface area contributed by atoms with Crippen molar-refractivity contribution in [1.82, 2.24) is 5.32 Å². The molecule has 2 N–H and O–H groups in total. The number of rotatable bonds is 5. The third-order valence-electron chi connectivity index (χ3n) is 5.17. The first-order valence-electron chi connectivity index (χ1n) is 8.97. The van der Waals surface area contributed by atoms with Gasteiger partial charge in [0.1, 0.15) is 0 Å². The maximum atomic E-state index is 12.5. The Labute approximate surface area is 171 Å². The number of nitrogens with one attached hydrogen (secondary N) is 2. The molecule has 2 aromatic rings. The van der Waals surface area contributed by atoms with Gasteiger partial charge in [-0.3, -0.25) is 29.8 Å². The topological polar surface area (TPSA) is 118 Å². The van der Waals surface area contributed by atoms with Crippen LogP contribution in [0.2, 0.25) is 5.02 Å². The van der Waals surface area contributed by atoms with E-state index in [1.165, 1.54) is 12.1 Å². The molecule has 9 heteroatoms. The van der Waals surface area contributed by atoms with Crippen LogP contribution in [0.3, 0.4) is 0 Å². The molecular weight excluding hydrogens is 398 g/mol. The number of halogens is 1. The molecule has 1 fully saturated rings. The molecule has 8 nitrogen and oxygen atoms in total. The zero-order valence-corrected chi connectivity index (χ0v) is 16.3. The van der Waals surface area contributed by atoms with E-state index in [9.17, 15) is 24.5 Å². The number of carbonyl (C=O) groups is 3. The van der Waals surface area contributed by atoms with Gasteiger partial charge < -0.3 is 5.32 Å². The molecule has 1 unspecified atom stereocenters. The maximum absolute atomic E-state index is 12.5. The molecular formula is C20H18ClN3O5. The summed E-state index contributed by atoms with van der Waals surface area (Å²) in [6, 6.07) is 10.4. The number of imide groups is 1. The van der Waals surface area contributed by atoms with Crippen molar-refractivity contribution >= 4 is 40.7 Å². The van der Waals surface area contributed by atoms with Gasteiger partial charge in [0.2, 0.25) is 11.8 Å². The Kier molecular flexibility index (Phi) is 5.65. The Balaban J connectivity index is 1.79. The minimum atomic E-state index is -0.780. The number of amides is 3. The summed E-state index contributed by atoms with van der Waals surface area (Å²) in [6.07, 6.45) is 1.24. The Morgan fingerprint density at radius 2 is 1.93 bits per heavy atom. The first-order valence-corrected chi connectivity index (χ1v) is 9.35. The molecule has 1 atom stereocenters. The molecule has 2 aromatic carbocycles. The maximum Gasteiger partial charge on any atom is 0.270 e. The molecule has 0 saturated carbocycles. The van der Waals surface area contributed by atoms with Crippen molar-refractivity contribution in [2.24, 2.45) is 0 Å². The molecule has 0 spiro atoms. The van der Waals surface area contributed by atoms with Gasteiger partial charge in [0.15, 0.2) is 0 Å². The first-order chi connectivity index (χ1) is 13.8. The highest BCUT2D eigenvalue weighted by atomic mass is 35.5. The van der Waals surface area contributed by atoms with Crippen LogP contribution in [0.1, 0.15) is 42.1 Å². The van der Waals surface area contributed by atoms with Gasteiger partial charge in [-0.15, -0.1) is 0 Å². The zero-order chi connectivity index (χ0) is 21.2. The number of hydrogen-bond acceptors (Lipinski definition) is 5. The number of nitrogens with zero attached hydrogens (tertiary/aromatic N) is 1. The largest absolute Gasteiger partial charge is 0.322 e. The number of carbonyl (C=O) groups excluding carboxylic acids is 3. The number of nitro groups is 1. The average molecular weight is 416 g/mol. The number of hydrogen-bond donors (Lipinski definition) is 2. The molecule has 0 aromatic heterocycles. The predicted molar refractivity (Wildman–Crippen MR) is 107 cm³/mol. The van der Waals surface area contributed by atoms with Crippen molar-refractivity contribution in [1.29, 1.82) is 0 Å². The minimum Gasteiger partial charge on any atom is -0.322 e. The van der Waals surface area contributed by atoms with Gasteiger partial charge in [-0.2, -0.15) is 0 Å². The van der Waals surface area contributed by atoms with Crippen LogP contribution >= 0.6 is 11.6 Å². The van der Waals surface area contributed by atoms with Crippen molar-refractivity contribution in [3.63, 3.8) is 0 Å². The normalized spacial score (nSPS) is 18.8. The Morgan fingerprint density at radius 1 is 1.24 bits per heavy atom. The molecule has 0 radical (unpaired) electrons. The lowest BCUT2D eigenvalue weighted by molar-refractivity contribution is -0.384. The second kappa shape index (κ2) is 8.00. The summed E-state index contributed by atoms with van der Waals surface area (Å²) in [6.45, 7) is 1.89. The van der Waals surface area contributed by atoms with Crippen molar-refractivity contribution in [2.45, 2.75) is 31.6 Å². The Bertz CT molecular complexity index is 1010. The molecule has 1 saturated heterocycles. The van der Waals surface area contributed by atoms with Crippen LogP contribution in [-0.4, -0.2) is 22.6 Å². The Hall–Kier alpha value is -3.26. The fourth-order valence-corrected chi connectivity index (χ4v) is 3.70. The smallest absolute Gasteiger partial charge is 0.270 e. The molecule has 0 bridgehead atoms. The van der Waals surface area contributed by atoms with Crippen LogP contribution in [0.4, 0.5) is 11.4 Å². The molecule has 1 aliphatic rings. The minimum absolute atomic E-state index is 0.0261. The van der Waals surface area contributed by atoms with Gasteiger partial charge in [-0.1, -0.05) is 30.7 Å². The van der Waals surface area contributed by atoms with Crippen molar-refractivity contribution in [3.8, 4) is 0 Å². The molecule has 3 amide bonds. The van der Waals surface area contributed by atoms with E-state index in [-0.39, 0.29) is 34.5 Å². The van der Waals surface area contributed by atoms with Crippen molar-refractivity contribution in [2.75, 3.05) is 5.32 Å². The molecule has 3 rings (SSSR count). The van der Waals surface area contributed by atoms with Gasteiger partial charge in [-0.25, -0.2) is 0 Å². The van der Waals surface area contributed by atoms with Gasteiger partial charge in [-0.05, 0) is 36.6 Å². The highest BCUT2D eigenvalue weighted by Gasteiger charge is 2.42. The van der Waals surface area contributed by atoms with Crippen molar-refractivity contribution in [3.05, 3.63) is 68.7 Å². The van der Waals surface area contributed by atoms with E-state index in [0.29, 0.717) is 18.5 Å². The number of nitro benzene ring substituents is 1. The van der Waals surface area contributed by atoms with Crippen LogP contribution in [-0.2, 0) is 15.0 Å². The highest BCUT2D eigenvalue weighted by Crippen LogP contribution is 2.36. The van der Waals surface area contributed by atoms with Gasteiger partial charge >= 0.3 is 0 Å². The van der Waals surface area contributed by atoms with Crippen LogP contribution in [0.15, 0.2) is 42.5 Å². The Morgan fingerprint density at radius 3 is 2.48 bits per heavy atom. The summed E-state index contributed by atoms with van der Waals surface area (Å²) >= 11 is 5.99. The standard InChI is InChI=1S/C20H18ClN3O5/c1-2-20(10-9-17(25)23-19(20)27)12-3-5-13(6-4-12)22-18(26)15-8-7-14(24(28)29)11-16(15)21/h3-8,11H,2,9-10H2,1H3,(H,22,26)(H,23,25,27). The number of piperidine rings is 1. The quantitative estimate of drug-likeness (QED) is 0.439. The summed E-state index contributed by atoms with van der Waals surface area (Å²) in [5.41, 5.74) is 0.364. The second-order valence-electron chi connectivity index (χ2n) is 6.77. The summed E-state index contributed by atoms with van der Waals surface area (Å²) in [4.78, 5) is 46.6. The summed E-state index contributed by atoms with van der Waals surface area (Å²) in [5.74, 6) is -1.10. The molecule has 0 aliphatic carbocycles. The number of non-ortho nitro benzene ring substituents is 1. The lowest BCUT2D eigenvalue weighted by atomic mass is 9.72. The predicted octanol–water partition coefficient (Wildman–Crippen LogP) is 3.58. The summed E-state index contributed by atoms with van der Waals surface area (Å²) < 4.78 is 0. The van der Waals surface area contributed by atoms with E-state index in [0.717, 1.165) is 11.6 Å². The monoisotopic (exact) mass is 415 g/mol. The van der Waals surface area contributed by atoms with E-state index in [4.69, 9.17) is 11.6 Å². The van der Waals surface area contributed by atoms with E-state index in [2.05, 4.69) is 10.6 Å². The van der Waals surface area contributed by atoms with E-state index in [1.54, 1.807) is 24.3 Å². The second-order valence-corrected chi connectivity index (χ2v) is 7.17. The number of benzene rings is 2. The molecule has 1 aliphatic heterocycles. The van der Waals surface area contributed by atoms with Gasteiger partial charge in [0.25, 0.3) is 11.6 Å². The van der Waals surface area contributed by atoms with Crippen LogP contribution < -0.4 is 10.6 Å². The molecule has 29 heavy (non-hydrogen) atoms.